The largest absolute Gasteiger partial charge is 0.457 e. The zero-order valence-electron chi connectivity index (χ0n) is 26.0. The van der Waals surface area contributed by atoms with E-state index in [1.807, 2.05) is 0 Å². The monoisotopic (exact) mass is 534 g/mol. The number of ether oxygens (including phenoxy) is 1. The first kappa shape index (κ1) is 33.4. The van der Waals surface area contributed by atoms with E-state index in [2.05, 4.69) is 62.4 Å². The van der Waals surface area contributed by atoms with Crippen LogP contribution in [0.1, 0.15) is 166 Å². The number of hydrogen-bond acceptors (Lipinski definition) is 1. The SMILES string of the molecule is CCCCCCCCCCCCCCc1cc(CCCCCCCCCCCC)ccc1Oc1ccccc1. The average molecular weight is 535 g/mol. The summed E-state index contributed by atoms with van der Waals surface area (Å²) in [7, 11) is 0. The summed E-state index contributed by atoms with van der Waals surface area (Å²) in [5.41, 5.74) is 2.89. The van der Waals surface area contributed by atoms with Gasteiger partial charge in [0.15, 0.2) is 0 Å². The third kappa shape index (κ3) is 17.5. The van der Waals surface area contributed by atoms with Crippen LogP contribution in [0.4, 0.5) is 0 Å². The second-order valence-electron chi connectivity index (χ2n) is 11.9. The molecule has 0 bridgehead atoms. The highest BCUT2D eigenvalue weighted by atomic mass is 16.5. The summed E-state index contributed by atoms with van der Waals surface area (Å²) in [5.74, 6) is 1.99. The van der Waals surface area contributed by atoms with Crippen molar-refractivity contribution in [3.05, 3.63) is 59.7 Å². The van der Waals surface area contributed by atoms with Gasteiger partial charge in [-0.1, -0.05) is 173 Å². The van der Waals surface area contributed by atoms with Crippen LogP contribution in [0.25, 0.3) is 0 Å². The highest BCUT2D eigenvalue weighted by molar-refractivity contribution is 5.40. The average Bonchev–Trinajstić information content (AvgIpc) is 2.96. The zero-order chi connectivity index (χ0) is 27.6. The molecule has 0 aliphatic rings. The molecule has 0 fully saturated rings. The number of hydrogen-bond donors (Lipinski definition) is 0. The Morgan fingerprint density at radius 2 is 0.872 bits per heavy atom. The number of rotatable bonds is 26. The van der Waals surface area contributed by atoms with Crippen molar-refractivity contribution in [1.82, 2.24) is 0 Å². The summed E-state index contributed by atoms with van der Waals surface area (Å²) >= 11 is 0. The lowest BCUT2D eigenvalue weighted by molar-refractivity contribution is 0.473. The standard InChI is InChI=1S/C38H62O/c1-3-5-7-9-11-13-15-16-18-20-22-25-29-36-34-35(28-24-21-19-17-14-12-10-8-6-4-2)32-33-38(36)39-37-30-26-23-27-31-37/h23,26-27,30-34H,3-22,24-25,28-29H2,1-2H3. The van der Waals surface area contributed by atoms with Crippen LogP contribution in [0.15, 0.2) is 48.5 Å². The van der Waals surface area contributed by atoms with E-state index in [9.17, 15) is 0 Å². The second-order valence-corrected chi connectivity index (χ2v) is 11.9. The van der Waals surface area contributed by atoms with Gasteiger partial charge in [-0.05, 0) is 55.0 Å². The lowest BCUT2D eigenvalue weighted by Gasteiger charge is -2.13. The molecule has 0 saturated carbocycles. The first-order valence-electron chi connectivity index (χ1n) is 17.2. The normalized spacial score (nSPS) is 11.2. The van der Waals surface area contributed by atoms with Crippen LogP contribution >= 0.6 is 0 Å². The van der Waals surface area contributed by atoms with Crippen molar-refractivity contribution in [3.8, 4) is 11.5 Å². The summed E-state index contributed by atoms with van der Waals surface area (Å²) in [4.78, 5) is 0. The minimum absolute atomic E-state index is 0.941. The predicted molar refractivity (Wildman–Crippen MR) is 173 cm³/mol. The van der Waals surface area contributed by atoms with Gasteiger partial charge < -0.3 is 4.74 Å². The van der Waals surface area contributed by atoms with Crippen LogP contribution in [-0.4, -0.2) is 0 Å². The molecular weight excluding hydrogens is 472 g/mol. The Morgan fingerprint density at radius 1 is 0.436 bits per heavy atom. The van der Waals surface area contributed by atoms with Crippen LogP contribution in [0.2, 0.25) is 0 Å². The lowest BCUT2D eigenvalue weighted by Crippen LogP contribution is -1.96. The van der Waals surface area contributed by atoms with E-state index >= 15 is 0 Å². The van der Waals surface area contributed by atoms with Crippen molar-refractivity contribution >= 4 is 0 Å². The van der Waals surface area contributed by atoms with Crippen LogP contribution in [0.3, 0.4) is 0 Å². The number of unbranched alkanes of at least 4 members (excludes halogenated alkanes) is 20. The van der Waals surface area contributed by atoms with E-state index in [0.29, 0.717) is 0 Å². The minimum Gasteiger partial charge on any atom is -0.457 e. The molecule has 220 valence electrons. The maximum absolute atomic E-state index is 6.33. The van der Waals surface area contributed by atoms with Gasteiger partial charge in [0.1, 0.15) is 11.5 Å². The van der Waals surface area contributed by atoms with Gasteiger partial charge in [-0.2, -0.15) is 0 Å². The van der Waals surface area contributed by atoms with E-state index in [0.717, 1.165) is 17.9 Å². The van der Waals surface area contributed by atoms with Gasteiger partial charge >= 0.3 is 0 Å². The third-order valence-corrected chi connectivity index (χ3v) is 8.21. The highest BCUT2D eigenvalue weighted by Gasteiger charge is 2.08. The molecular formula is C38H62O. The van der Waals surface area contributed by atoms with Crippen LogP contribution in [-0.2, 0) is 12.8 Å². The van der Waals surface area contributed by atoms with Gasteiger partial charge in [0.25, 0.3) is 0 Å². The van der Waals surface area contributed by atoms with Gasteiger partial charge in [-0.15, -0.1) is 0 Å². The van der Waals surface area contributed by atoms with Crippen molar-refractivity contribution in [2.45, 2.75) is 168 Å². The van der Waals surface area contributed by atoms with Crippen LogP contribution in [0, 0.1) is 0 Å². The maximum atomic E-state index is 6.33. The molecule has 0 N–H and O–H groups in total. The molecule has 0 aromatic heterocycles. The molecule has 0 unspecified atom stereocenters. The Balaban J connectivity index is 1.68. The van der Waals surface area contributed by atoms with E-state index in [1.54, 1.807) is 0 Å². The Hall–Kier alpha value is -1.76. The molecule has 0 saturated heterocycles. The van der Waals surface area contributed by atoms with Crippen molar-refractivity contribution in [2.24, 2.45) is 0 Å². The van der Waals surface area contributed by atoms with Gasteiger partial charge in [0.05, 0.1) is 0 Å². The summed E-state index contributed by atoms with van der Waals surface area (Å²) in [6.45, 7) is 4.60. The van der Waals surface area contributed by atoms with Crippen molar-refractivity contribution in [3.63, 3.8) is 0 Å². The van der Waals surface area contributed by atoms with Gasteiger partial charge in [0.2, 0.25) is 0 Å². The summed E-state index contributed by atoms with van der Waals surface area (Å²) in [6, 6.07) is 17.3. The summed E-state index contributed by atoms with van der Waals surface area (Å²) < 4.78 is 6.33. The first-order chi connectivity index (χ1) is 19.3. The molecule has 2 rings (SSSR count). The van der Waals surface area contributed by atoms with Crippen molar-refractivity contribution in [2.75, 3.05) is 0 Å². The van der Waals surface area contributed by atoms with E-state index < -0.39 is 0 Å². The Kier molecular flexibility index (Phi) is 20.6. The Bertz CT molecular complexity index is 796. The number of aryl methyl sites for hydroxylation is 2. The molecule has 2 aromatic carbocycles. The first-order valence-corrected chi connectivity index (χ1v) is 17.2. The number of benzene rings is 2. The molecule has 1 heteroatoms. The molecule has 0 aliphatic heterocycles. The maximum Gasteiger partial charge on any atom is 0.130 e. The smallest absolute Gasteiger partial charge is 0.130 e. The molecule has 0 amide bonds. The van der Waals surface area contributed by atoms with E-state index in [-0.39, 0.29) is 0 Å². The molecule has 39 heavy (non-hydrogen) atoms. The summed E-state index contributed by atoms with van der Waals surface area (Å²) in [5, 5.41) is 0. The molecule has 2 aromatic rings. The fourth-order valence-electron chi connectivity index (χ4n) is 5.67. The predicted octanol–water partition coefficient (Wildman–Crippen LogP) is 13.2. The molecule has 0 aliphatic carbocycles. The van der Waals surface area contributed by atoms with Gasteiger partial charge in [0, 0.05) is 0 Å². The van der Waals surface area contributed by atoms with Crippen molar-refractivity contribution < 1.29 is 4.74 Å². The van der Waals surface area contributed by atoms with Crippen LogP contribution in [0.5, 0.6) is 11.5 Å². The van der Waals surface area contributed by atoms with Crippen molar-refractivity contribution in [1.29, 1.82) is 0 Å². The Labute approximate surface area is 243 Å². The van der Waals surface area contributed by atoms with Gasteiger partial charge in [-0.3, -0.25) is 0 Å². The minimum atomic E-state index is 0.941. The third-order valence-electron chi connectivity index (χ3n) is 8.21. The fourth-order valence-corrected chi connectivity index (χ4v) is 5.67. The second kappa shape index (κ2) is 24.1. The number of para-hydroxylation sites is 1. The highest BCUT2D eigenvalue weighted by Crippen LogP contribution is 2.28. The zero-order valence-corrected chi connectivity index (χ0v) is 26.0. The van der Waals surface area contributed by atoms with Gasteiger partial charge in [-0.25, -0.2) is 0 Å². The fraction of sp³-hybridized carbons (Fsp3) is 0.684. The lowest BCUT2D eigenvalue weighted by atomic mass is 9.98. The molecule has 0 spiro atoms. The summed E-state index contributed by atoms with van der Waals surface area (Å²) in [6.07, 6.45) is 33.1. The molecule has 0 atom stereocenters. The topological polar surface area (TPSA) is 9.23 Å². The van der Waals surface area contributed by atoms with Crippen LogP contribution < -0.4 is 4.74 Å². The van der Waals surface area contributed by atoms with E-state index in [1.165, 1.54) is 159 Å². The van der Waals surface area contributed by atoms with E-state index in [4.69, 9.17) is 4.74 Å². The quantitative estimate of drug-likeness (QED) is 0.109. The molecule has 0 heterocycles. The molecule has 0 radical (unpaired) electrons. The molecule has 1 nitrogen and oxygen atoms in total. The Morgan fingerprint density at radius 3 is 1.36 bits per heavy atom.